The number of benzene rings is 2. The monoisotopic (exact) mass is 286 g/mol. The predicted molar refractivity (Wildman–Crippen MR) is 77.8 cm³/mol. The highest BCUT2D eigenvalue weighted by Crippen LogP contribution is 2.34. The Morgan fingerprint density at radius 2 is 1.81 bits per heavy atom. The fourth-order valence-corrected chi connectivity index (χ4v) is 1.71. The summed E-state index contributed by atoms with van der Waals surface area (Å²) in [5, 5.41) is 8.74. The van der Waals surface area contributed by atoms with Gasteiger partial charge in [-0.1, -0.05) is 0 Å². The molecule has 0 fully saturated rings. The second-order valence-corrected chi connectivity index (χ2v) is 4.73. The Bertz CT molecular complexity index is 676. The largest absolute Gasteiger partial charge is 0.488 e. The lowest BCUT2D eigenvalue weighted by Gasteiger charge is -2.14. The minimum Gasteiger partial charge on any atom is -0.488 e. The maximum Gasteiger partial charge on any atom is 0.167 e. The molecule has 108 valence electrons. The van der Waals surface area contributed by atoms with Gasteiger partial charge >= 0.3 is 0 Å². The fourth-order valence-electron chi connectivity index (χ4n) is 1.71. The van der Waals surface area contributed by atoms with E-state index in [0.717, 1.165) is 6.07 Å². The SMILES string of the molecule is CC(C)Oc1cc(Oc2ccc(C#N)cc2)c(N)cc1F. The van der Waals surface area contributed by atoms with E-state index >= 15 is 0 Å². The van der Waals surface area contributed by atoms with Crippen LogP contribution in [0, 0.1) is 17.1 Å². The highest BCUT2D eigenvalue weighted by molar-refractivity contribution is 5.57. The van der Waals surface area contributed by atoms with Gasteiger partial charge < -0.3 is 15.2 Å². The van der Waals surface area contributed by atoms with E-state index in [0.29, 0.717) is 17.1 Å². The van der Waals surface area contributed by atoms with Gasteiger partial charge in [0.2, 0.25) is 0 Å². The molecule has 0 aliphatic heterocycles. The molecule has 0 heterocycles. The molecular weight excluding hydrogens is 271 g/mol. The molecule has 0 radical (unpaired) electrons. The Morgan fingerprint density at radius 3 is 2.38 bits per heavy atom. The second kappa shape index (κ2) is 6.14. The minimum atomic E-state index is -0.534. The van der Waals surface area contributed by atoms with Crippen LogP contribution in [-0.2, 0) is 0 Å². The van der Waals surface area contributed by atoms with Crippen molar-refractivity contribution in [3.63, 3.8) is 0 Å². The summed E-state index contributed by atoms with van der Waals surface area (Å²) in [5.74, 6) is 0.357. The first-order valence-electron chi connectivity index (χ1n) is 6.43. The molecule has 0 atom stereocenters. The number of nitriles is 1. The third-order valence-electron chi connectivity index (χ3n) is 2.64. The third kappa shape index (κ3) is 3.63. The van der Waals surface area contributed by atoms with Crippen LogP contribution < -0.4 is 15.2 Å². The van der Waals surface area contributed by atoms with Crippen LogP contribution in [0.5, 0.6) is 17.2 Å². The Hall–Kier alpha value is -2.74. The minimum absolute atomic E-state index is 0.0860. The summed E-state index contributed by atoms with van der Waals surface area (Å²) in [7, 11) is 0. The highest BCUT2D eigenvalue weighted by Gasteiger charge is 2.12. The molecule has 2 rings (SSSR count). The van der Waals surface area contributed by atoms with Gasteiger partial charge in [0.05, 0.1) is 23.4 Å². The smallest absolute Gasteiger partial charge is 0.167 e. The van der Waals surface area contributed by atoms with Gasteiger partial charge in [-0.3, -0.25) is 0 Å². The standard InChI is InChI=1S/C16H15FN2O2/c1-10(2)20-15-8-16(14(19)7-13(15)17)21-12-5-3-11(9-18)4-6-12/h3-8,10H,19H2,1-2H3. The number of rotatable bonds is 4. The Morgan fingerprint density at radius 1 is 1.14 bits per heavy atom. The van der Waals surface area contributed by atoms with E-state index in [1.165, 1.54) is 6.07 Å². The van der Waals surface area contributed by atoms with Crippen LogP contribution in [-0.4, -0.2) is 6.10 Å². The zero-order valence-electron chi connectivity index (χ0n) is 11.8. The van der Waals surface area contributed by atoms with E-state index in [9.17, 15) is 4.39 Å². The molecule has 0 saturated carbocycles. The Kier molecular flexibility index (Phi) is 4.29. The first-order valence-corrected chi connectivity index (χ1v) is 6.43. The van der Waals surface area contributed by atoms with Crippen molar-refractivity contribution in [1.29, 1.82) is 5.26 Å². The van der Waals surface area contributed by atoms with Gasteiger partial charge in [0.1, 0.15) is 5.75 Å². The van der Waals surface area contributed by atoms with E-state index in [1.807, 2.05) is 6.07 Å². The van der Waals surface area contributed by atoms with E-state index in [2.05, 4.69) is 0 Å². The van der Waals surface area contributed by atoms with E-state index in [4.69, 9.17) is 20.5 Å². The van der Waals surface area contributed by atoms with Crippen LogP contribution in [0.25, 0.3) is 0 Å². The number of ether oxygens (including phenoxy) is 2. The summed E-state index contributed by atoms with van der Waals surface area (Å²) >= 11 is 0. The lowest BCUT2D eigenvalue weighted by Crippen LogP contribution is -2.07. The number of anilines is 1. The molecular formula is C16H15FN2O2. The quantitative estimate of drug-likeness (QED) is 0.866. The maximum absolute atomic E-state index is 13.7. The molecule has 0 spiro atoms. The number of nitrogens with two attached hydrogens (primary N) is 1. The molecule has 0 aliphatic carbocycles. The van der Waals surface area contributed by atoms with Crippen LogP contribution in [0.1, 0.15) is 19.4 Å². The molecule has 5 heteroatoms. The second-order valence-electron chi connectivity index (χ2n) is 4.73. The van der Waals surface area contributed by atoms with E-state index in [-0.39, 0.29) is 17.5 Å². The molecule has 4 nitrogen and oxygen atoms in total. The van der Waals surface area contributed by atoms with Crippen LogP contribution >= 0.6 is 0 Å². The summed E-state index contributed by atoms with van der Waals surface area (Å²) in [5.41, 5.74) is 6.45. The predicted octanol–water partition coefficient (Wildman–Crippen LogP) is 3.86. The molecule has 2 N–H and O–H groups in total. The van der Waals surface area contributed by atoms with Gasteiger partial charge in [-0.15, -0.1) is 0 Å². The number of hydrogen-bond donors (Lipinski definition) is 1. The number of hydrogen-bond acceptors (Lipinski definition) is 4. The summed E-state index contributed by atoms with van der Waals surface area (Å²) in [6, 6.07) is 11.1. The first-order chi connectivity index (χ1) is 9.99. The van der Waals surface area contributed by atoms with Gasteiger partial charge in [0.15, 0.2) is 17.3 Å². The lowest BCUT2D eigenvalue weighted by atomic mass is 10.2. The average molecular weight is 286 g/mol. The molecule has 0 bridgehead atoms. The molecule has 0 saturated heterocycles. The molecule has 2 aromatic carbocycles. The molecule has 0 aliphatic rings. The summed E-state index contributed by atoms with van der Waals surface area (Å²) in [6.07, 6.45) is -0.161. The van der Waals surface area contributed by atoms with Crippen LogP contribution in [0.15, 0.2) is 36.4 Å². The summed E-state index contributed by atoms with van der Waals surface area (Å²) in [6.45, 7) is 3.61. The summed E-state index contributed by atoms with van der Waals surface area (Å²) < 4.78 is 24.7. The molecule has 0 unspecified atom stereocenters. The Balaban J connectivity index is 2.28. The number of nitrogens with zero attached hydrogens (tertiary/aromatic N) is 1. The molecule has 0 amide bonds. The zero-order valence-corrected chi connectivity index (χ0v) is 11.8. The lowest BCUT2D eigenvalue weighted by molar-refractivity contribution is 0.230. The van der Waals surface area contributed by atoms with Gasteiger partial charge in [-0.25, -0.2) is 4.39 Å². The third-order valence-corrected chi connectivity index (χ3v) is 2.64. The van der Waals surface area contributed by atoms with E-state index < -0.39 is 5.82 Å². The maximum atomic E-state index is 13.7. The van der Waals surface area contributed by atoms with Gasteiger partial charge in [0.25, 0.3) is 0 Å². The van der Waals surface area contributed by atoms with Crippen LogP contribution in [0.4, 0.5) is 10.1 Å². The van der Waals surface area contributed by atoms with Gasteiger partial charge in [-0.05, 0) is 38.1 Å². The van der Waals surface area contributed by atoms with Crippen molar-refractivity contribution in [2.75, 3.05) is 5.73 Å². The fraction of sp³-hybridized carbons (Fsp3) is 0.188. The van der Waals surface area contributed by atoms with Crippen molar-refractivity contribution in [2.24, 2.45) is 0 Å². The first kappa shape index (κ1) is 14.7. The highest BCUT2D eigenvalue weighted by atomic mass is 19.1. The van der Waals surface area contributed by atoms with E-state index in [1.54, 1.807) is 38.1 Å². The Labute approximate surface area is 122 Å². The molecule has 2 aromatic rings. The number of nitrogen functional groups attached to an aromatic ring is 1. The van der Waals surface area contributed by atoms with Crippen LogP contribution in [0.2, 0.25) is 0 Å². The van der Waals surface area contributed by atoms with Crippen molar-refractivity contribution in [1.82, 2.24) is 0 Å². The van der Waals surface area contributed by atoms with Crippen molar-refractivity contribution < 1.29 is 13.9 Å². The van der Waals surface area contributed by atoms with Crippen molar-refractivity contribution in [3.8, 4) is 23.3 Å². The summed E-state index contributed by atoms with van der Waals surface area (Å²) in [4.78, 5) is 0. The molecule has 0 aromatic heterocycles. The average Bonchev–Trinajstić information content (AvgIpc) is 2.44. The van der Waals surface area contributed by atoms with Gasteiger partial charge in [-0.2, -0.15) is 5.26 Å². The van der Waals surface area contributed by atoms with Crippen molar-refractivity contribution >= 4 is 5.69 Å². The normalized spacial score (nSPS) is 10.2. The van der Waals surface area contributed by atoms with Crippen LogP contribution in [0.3, 0.4) is 0 Å². The topological polar surface area (TPSA) is 68.3 Å². The van der Waals surface area contributed by atoms with Crippen molar-refractivity contribution in [2.45, 2.75) is 20.0 Å². The van der Waals surface area contributed by atoms with Crippen molar-refractivity contribution in [3.05, 3.63) is 47.8 Å². The zero-order chi connectivity index (χ0) is 15.4. The number of halogens is 1. The van der Waals surface area contributed by atoms with Gasteiger partial charge in [0, 0.05) is 12.1 Å². The molecule has 21 heavy (non-hydrogen) atoms.